The Morgan fingerprint density at radius 3 is 2.43 bits per heavy atom. The monoisotopic (exact) mass is 281 g/mol. The summed E-state index contributed by atoms with van der Waals surface area (Å²) in [6, 6.07) is 6.33. The zero-order valence-corrected chi connectivity index (χ0v) is 12.4. The van der Waals surface area contributed by atoms with Crippen LogP contribution in [0.3, 0.4) is 0 Å². The van der Waals surface area contributed by atoms with E-state index in [1.807, 2.05) is 12.3 Å². The molecule has 0 spiro atoms. The van der Waals surface area contributed by atoms with Gasteiger partial charge in [0.15, 0.2) is 0 Å². The van der Waals surface area contributed by atoms with E-state index in [1.54, 1.807) is 0 Å². The number of aromatic nitrogens is 2. The smallest absolute Gasteiger partial charge is 0.136 e. The third-order valence-corrected chi connectivity index (χ3v) is 6.51. The van der Waals surface area contributed by atoms with Crippen LogP contribution in [-0.4, -0.2) is 9.38 Å². The van der Waals surface area contributed by atoms with Gasteiger partial charge in [-0.05, 0) is 73.8 Å². The van der Waals surface area contributed by atoms with Gasteiger partial charge in [-0.15, -0.1) is 0 Å². The number of nitrogens with zero attached hydrogens (tertiary/aromatic N) is 2. The summed E-state index contributed by atoms with van der Waals surface area (Å²) in [6.45, 7) is 0. The van der Waals surface area contributed by atoms with Gasteiger partial charge in [0.05, 0.1) is 17.9 Å². The number of nitrogens with two attached hydrogens (primary N) is 1. The normalized spacial score (nSPS) is 39.0. The lowest BCUT2D eigenvalue weighted by molar-refractivity contribution is -0.0685. The van der Waals surface area contributed by atoms with Gasteiger partial charge in [0.25, 0.3) is 0 Å². The molecule has 0 aliphatic heterocycles. The van der Waals surface area contributed by atoms with Crippen LogP contribution in [0, 0.1) is 23.2 Å². The number of fused-ring (bicyclic) bond motifs is 1. The molecule has 2 aromatic heterocycles. The second-order valence-corrected chi connectivity index (χ2v) is 7.87. The molecular weight excluding hydrogens is 258 g/mol. The Hall–Kier alpha value is -1.35. The van der Waals surface area contributed by atoms with Gasteiger partial charge in [-0.1, -0.05) is 6.07 Å². The fourth-order valence-corrected chi connectivity index (χ4v) is 6.05. The first-order valence-electron chi connectivity index (χ1n) is 8.41. The van der Waals surface area contributed by atoms with Crippen molar-refractivity contribution >= 4 is 5.65 Å². The van der Waals surface area contributed by atoms with E-state index in [0.29, 0.717) is 5.41 Å². The third-order valence-electron chi connectivity index (χ3n) is 6.51. The molecular formula is C18H23N3. The minimum Gasteiger partial charge on any atom is -0.322 e. The molecule has 3 heteroatoms. The van der Waals surface area contributed by atoms with Crippen LogP contribution in [0.5, 0.6) is 0 Å². The summed E-state index contributed by atoms with van der Waals surface area (Å²) < 4.78 is 2.20. The molecule has 1 atom stereocenters. The van der Waals surface area contributed by atoms with Crippen molar-refractivity contribution in [2.24, 2.45) is 28.9 Å². The first-order valence-corrected chi connectivity index (χ1v) is 8.41. The molecule has 2 aromatic rings. The highest BCUT2D eigenvalue weighted by Gasteiger charge is 2.54. The van der Waals surface area contributed by atoms with E-state index in [4.69, 9.17) is 5.73 Å². The van der Waals surface area contributed by atoms with E-state index in [0.717, 1.165) is 23.4 Å². The molecule has 110 valence electrons. The van der Waals surface area contributed by atoms with Gasteiger partial charge in [0.2, 0.25) is 0 Å². The third kappa shape index (κ3) is 1.67. The zero-order chi connectivity index (χ0) is 14.0. The highest BCUT2D eigenvalue weighted by Crippen LogP contribution is 2.63. The Kier molecular flexibility index (Phi) is 2.38. The van der Waals surface area contributed by atoms with Crippen molar-refractivity contribution in [1.29, 1.82) is 0 Å². The van der Waals surface area contributed by atoms with E-state index >= 15 is 0 Å². The number of hydrogen-bond donors (Lipinski definition) is 1. The molecule has 0 radical (unpaired) electrons. The van der Waals surface area contributed by atoms with Crippen molar-refractivity contribution in [1.82, 2.24) is 9.38 Å². The topological polar surface area (TPSA) is 43.3 Å². The maximum Gasteiger partial charge on any atom is 0.136 e. The van der Waals surface area contributed by atoms with Crippen LogP contribution in [-0.2, 0) is 0 Å². The van der Waals surface area contributed by atoms with Gasteiger partial charge in [0.1, 0.15) is 5.65 Å². The minimum absolute atomic E-state index is 0.142. The van der Waals surface area contributed by atoms with E-state index in [1.165, 1.54) is 44.2 Å². The number of imidazole rings is 1. The average molecular weight is 281 g/mol. The molecule has 21 heavy (non-hydrogen) atoms. The Morgan fingerprint density at radius 2 is 1.76 bits per heavy atom. The van der Waals surface area contributed by atoms with Crippen LogP contribution < -0.4 is 5.73 Å². The number of hydrogen-bond acceptors (Lipinski definition) is 2. The fourth-order valence-electron chi connectivity index (χ4n) is 6.05. The van der Waals surface area contributed by atoms with Crippen LogP contribution in [0.15, 0.2) is 30.6 Å². The van der Waals surface area contributed by atoms with Crippen LogP contribution in [0.1, 0.15) is 50.3 Å². The largest absolute Gasteiger partial charge is 0.322 e. The lowest BCUT2D eigenvalue weighted by Gasteiger charge is -2.58. The molecule has 4 aliphatic rings. The lowest BCUT2D eigenvalue weighted by atomic mass is 9.47. The molecule has 0 amide bonds. The molecule has 1 unspecified atom stereocenters. The van der Waals surface area contributed by atoms with E-state index < -0.39 is 0 Å². The van der Waals surface area contributed by atoms with Gasteiger partial charge in [-0.2, -0.15) is 0 Å². The summed E-state index contributed by atoms with van der Waals surface area (Å²) >= 11 is 0. The predicted octanol–water partition coefficient (Wildman–Crippen LogP) is 3.55. The Bertz CT molecular complexity index is 651. The lowest BCUT2D eigenvalue weighted by Crippen LogP contribution is -2.51. The van der Waals surface area contributed by atoms with Crippen LogP contribution in [0.25, 0.3) is 5.65 Å². The molecule has 4 bridgehead atoms. The first kappa shape index (κ1) is 12.2. The maximum atomic E-state index is 6.84. The summed E-state index contributed by atoms with van der Waals surface area (Å²) in [5.41, 5.74) is 9.43. The second kappa shape index (κ2) is 4.10. The number of pyridine rings is 1. The van der Waals surface area contributed by atoms with Crippen LogP contribution >= 0.6 is 0 Å². The summed E-state index contributed by atoms with van der Waals surface area (Å²) in [7, 11) is 0. The number of rotatable bonds is 2. The van der Waals surface area contributed by atoms with Gasteiger partial charge >= 0.3 is 0 Å². The summed E-state index contributed by atoms with van der Waals surface area (Å²) in [6.07, 6.45) is 12.6. The highest BCUT2D eigenvalue weighted by atomic mass is 15.0. The second-order valence-electron chi connectivity index (χ2n) is 7.87. The van der Waals surface area contributed by atoms with Crippen molar-refractivity contribution in [3.8, 4) is 0 Å². The maximum absolute atomic E-state index is 6.84. The van der Waals surface area contributed by atoms with Crippen molar-refractivity contribution in [2.75, 3.05) is 0 Å². The Morgan fingerprint density at radius 1 is 1.10 bits per heavy atom. The standard InChI is InChI=1S/C18H23N3/c19-17(15-11-20-16-3-1-2-4-21(15)16)18-8-12-5-13(9-18)7-14(6-12)10-18/h1-4,11-14,17H,5-10,19H2. The minimum atomic E-state index is 0.142. The molecule has 4 saturated carbocycles. The summed E-state index contributed by atoms with van der Waals surface area (Å²) in [5, 5.41) is 0. The zero-order valence-electron chi connectivity index (χ0n) is 12.4. The molecule has 6 rings (SSSR count). The molecule has 2 N–H and O–H groups in total. The Labute approximate surface area is 125 Å². The highest BCUT2D eigenvalue weighted by molar-refractivity contribution is 5.41. The first-order chi connectivity index (χ1) is 10.2. The van der Waals surface area contributed by atoms with Crippen molar-refractivity contribution in [2.45, 2.75) is 44.6 Å². The molecule has 0 aromatic carbocycles. The van der Waals surface area contributed by atoms with Gasteiger partial charge in [0, 0.05) is 6.20 Å². The van der Waals surface area contributed by atoms with Gasteiger partial charge < -0.3 is 10.1 Å². The summed E-state index contributed by atoms with van der Waals surface area (Å²) in [5.74, 6) is 2.84. The van der Waals surface area contributed by atoms with E-state index in [9.17, 15) is 0 Å². The SMILES string of the molecule is NC(c1cnc2ccccn12)C12CC3CC(CC(C3)C1)C2. The molecule has 4 aliphatic carbocycles. The fraction of sp³-hybridized carbons (Fsp3) is 0.611. The summed E-state index contributed by atoms with van der Waals surface area (Å²) in [4.78, 5) is 4.55. The quantitative estimate of drug-likeness (QED) is 0.914. The van der Waals surface area contributed by atoms with Gasteiger partial charge in [-0.25, -0.2) is 4.98 Å². The Balaban J connectivity index is 1.57. The van der Waals surface area contributed by atoms with E-state index in [-0.39, 0.29) is 6.04 Å². The molecule has 2 heterocycles. The van der Waals surface area contributed by atoms with Crippen LogP contribution in [0.4, 0.5) is 0 Å². The molecule has 3 nitrogen and oxygen atoms in total. The average Bonchev–Trinajstić information content (AvgIpc) is 2.89. The van der Waals surface area contributed by atoms with Crippen LogP contribution in [0.2, 0.25) is 0 Å². The van der Waals surface area contributed by atoms with Crippen molar-refractivity contribution in [3.63, 3.8) is 0 Å². The molecule has 4 fully saturated rings. The van der Waals surface area contributed by atoms with E-state index in [2.05, 4.69) is 27.7 Å². The predicted molar refractivity (Wildman–Crippen MR) is 82.7 cm³/mol. The van der Waals surface area contributed by atoms with Crippen molar-refractivity contribution < 1.29 is 0 Å². The molecule has 0 saturated heterocycles. The van der Waals surface area contributed by atoms with Gasteiger partial charge in [-0.3, -0.25) is 0 Å². The van der Waals surface area contributed by atoms with Crippen molar-refractivity contribution in [3.05, 3.63) is 36.3 Å².